The van der Waals surface area contributed by atoms with Crippen LogP contribution in [0.1, 0.15) is 45.4 Å². The molecule has 1 fully saturated rings. The molecule has 2 aliphatic carbocycles. The number of rotatable bonds is 6. The Balaban J connectivity index is 1.57. The lowest BCUT2D eigenvalue weighted by atomic mass is 10.0. The zero-order valence-corrected chi connectivity index (χ0v) is 14.1. The van der Waals surface area contributed by atoms with Crippen LogP contribution >= 0.6 is 0 Å². The molecule has 0 atom stereocenters. The van der Waals surface area contributed by atoms with E-state index in [1.54, 1.807) is 24.3 Å². The van der Waals surface area contributed by atoms with Crippen LogP contribution in [-0.2, 0) is 9.59 Å². The Kier molecular flexibility index (Phi) is 5.18. The van der Waals surface area contributed by atoms with Crippen LogP contribution in [0.25, 0.3) is 0 Å². The van der Waals surface area contributed by atoms with Gasteiger partial charge in [0, 0.05) is 24.4 Å². The Bertz CT molecular complexity index is 633. The molecule has 24 heavy (non-hydrogen) atoms. The Labute approximate surface area is 142 Å². The molecular weight excluding hydrogens is 304 g/mol. The van der Waals surface area contributed by atoms with Gasteiger partial charge in [-0.2, -0.15) is 0 Å². The SMILES string of the molecule is CC(=O)Nc1ccc(OCC(=O)N(C2=CCCCC2)C2CC2)cc1. The van der Waals surface area contributed by atoms with Gasteiger partial charge in [-0.25, -0.2) is 0 Å². The fourth-order valence-electron chi connectivity index (χ4n) is 3.02. The number of hydrogen-bond acceptors (Lipinski definition) is 3. The van der Waals surface area contributed by atoms with E-state index in [1.165, 1.54) is 19.0 Å². The number of hydrogen-bond donors (Lipinski definition) is 1. The molecule has 2 amide bonds. The van der Waals surface area contributed by atoms with Crippen LogP contribution in [0.2, 0.25) is 0 Å². The third kappa shape index (κ3) is 4.37. The molecule has 1 N–H and O–H groups in total. The number of carbonyl (C=O) groups is 2. The lowest BCUT2D eigenvalue weighted by Gasteiger charge is -2.27. The van der Waals surface area contributed by atoms with Crippen molar-refractivity contribution in [1.82, 2.24) is 4.90 Å². The van der Waals surface area contributed by atoms with Gasteiger partial charge in [-0.05, 0) is 62.8 Å². The molecule has 5 nitrogen and oxygen atoms in total. The van der Waals surface area contributed by atoms with Crippen molar-refractivity contribution in [1.29, 1.82) is 0 Å². The summed E-state index contributed by atoms with van der Waals surface area (Å²) >= 11 is 0. The second-order valence-electron chi connectivity index (χ2n) is 6.43. The van der Waals surface area contributed by atoms with Crippen molar-refractivity contribution in [3.8, 4) is 5.75 Å². The van der Waals surface area contributed by atoms with Crippen molar-refractivity contribution in [3.63, 3.8) is 0 Å². The molecule has 0 radical (unpaired) electrons. The van der Waals surface area contributed by atoms with E-state index in [0.717, 1.165) is 32.1 Å². The van der Waals surface area contributed by atoms with Gasteiger partial charge in [-0.1, -0.05) is 6.08 Å². The highest BCUT2D eigenvalue weighted by atomic mass is 16.5. The number of nitrogens with zero attached hydrogens (tertiary/aromatic N) is 1. The average Bonchev–Trinajstić information content (AvgIpc) is 3.40. The average molecular weight is 328 g/mol. The number of allylic oxidation sites excluding steroid dienone is 2. The zero-order chi connectivity index (χ0) is 16.9. The summed E-state index contributed by atoms with van der Waals surface area (Å²) in [7, 11) is 0. The highest BCUT2D eigenvalue weighted by Gasteiger charge is 2.35. The largest absolute Gasteiger partial charge is 0.484 e. The number of ether oxygens (including phenoxy) is 1. The number of amides is 2. The predicted octanol–water partition coefficient (Wildman–Crippen LogP) is 3.47. The molecule has 0 unspecified atom stereocenters. The van der Waals surface area contributed by atoms with E-state index in [-0.39, 0.29) is 18.4 Å². The molecule has 2 aliphatic rings. The normalized spacial score (nSPS) is 17.0. The Morgan fingerprint density at radius 3 is 2.54 bits per heavy atom. The summed E-state index contributed by atoms with van der Waals surface area (Å²) in [4.78, 5) is 25.6. The lowest BCUT2D eigenvalue weighted by Crippen LogP contribution is -2.36. The van der Waals surface area contributed by atoms with Gasteiger partial charge in [-0.3, -0.25) is 9.59 Å². The second-order valence-corrected chi connectivity index (χ2v) is 6.43. The number of carbonyl (C=O) groups excluding carboxylic acids is 2. The molecule has 128 valence electrons. The summed E-state index contributed by atoms with van der Waals surface area (Å²) in [5.74, 6) is 0.557. The molecule has 5 heteroatoms. The maximum Gasteiger partial charge on any atom is 0.264 e. The van der Waals surface area contributed by atoms with Gasteiger partial charge in [0.15, 0.2) is 6.61 Å². The van der Waals surface area contributed by atoms with Crippen molar-refractivity contribution in [2.75, 3.05) is 11.9 Å². The third-order valence-electron chi connectivity index (χ3n) is 4.29. The topological polar surface area (TPSA) is 58.6 Å². The van der Waals surface area contributed by atoms with Gasteiger partial charge in [-0.15, -0.1) is 0 Å². The van der Waals surface area contributed by atoms with E-state index >= 15 is 0 Å². The Morgan fingerprint density at radius 2 is 1.96 bits per heavy atom. The van der Waals surface area contributed by atoms with Crippen LogP contribution in [0.3, 0.4) is 0 Å². The number of benzene rings is 1. The van der Waals surface area contributed by atoms with Crippen molar-refractivity contribution < 1.29 is 14.3 Å². The Hall–Kier alpha value is -2.30. The molecule has 3 rings (SSSR count). The fraction of sp³-hybridized carbons (Fsp3) is 0.474. The van der Waals surface area contributed by atoms with Crippen LogP contribution in [0.15, 0.2) is 36.0 Å². The first-order chi connectivity index (χ1) is 11.6. The van der Waals surface area contributed by atoms with Crippen LogP contribution in [0.4, 0.5) is 5.69 Å². The van der Waals surface area contributed by atoms with Gasteiger partial charge in [0.2, 0.25) is 5.91 Å². The summed E-state index contributed by atoms with van der Waals surface area (Å²) in [6, 6.07) is 7.43. The van der Waals surface area contributed by atoms with Crippen LogP contribution in [0.5, 0.6) is 5.75 Å². The van der Waals surface area contributed by atoms with Gasteiger partial charge in [0.1, 0.15) is 5.75 Å². The van der Waals surface area contributed by atoms with Crippen molar-refractivity contribution in [2.45, 2.75) is 51.5 Å². The molecular formula is C19H24N2O3. The molecule has 1 aromatic carbocycles. The minimum Gasteiger partial charge on any atom is -0.484 e. The van der Waals surface area contributed by atoms with E-state index in [0.29, 0.717) is 17.5 Å². The summed E-state index contributed by atoms with van der Waals surface area (Å²) in [6.07, 6.45) is 8.83. The molecule has 1 saturated carbocycles. The van der Waals surface area contributed by atoms with Gasteiger partial charge in [0.25, 0.3) is 5.91 Å². The van der Waals surface area contributed by atoms with E-state index in [4.69, 9.17) is 4.74 Å². The fourth-order valence-corrected chi connectivity index (χ4v) is 3.02. The first kappa shape index (κ1) is 16.6. The highest BCUT2D eigenvalue weighted by Crippen LogP contribution is 2.33. The third-order valence-corrected chi connectivity index (χ3v) is 4.29. The Morgan fingerprint density at radius 1 is 1.21 bits per heavy atom. The number of anilines is 1. The monoisotopic (exact) mass is 328 g/mol. The maximum atomic E-state index is 12.6. The first-order valence-corrected chi connectivity index (χ1v) is 8.65. The molecule has 1 aromatic rings. The minimum absolute atomic E-state index is 0.0385. The molecule has 0 saturated heterocycles. The summed E-state index contributed by atoms with van der Waals surface area (Å²) < 4.78 is 5.65. The maximum absolute atomic E-state index is 12.6. The molecule has 0 heterocycles. The summed E-state index contributed by atoms with van der Waals surface area (Å²) in [6.45, 7) is 1.52. The van der Waals surface area contributed by atoms with Crippen molar-refractivity contribution >= 4 is 17.5 Å². The summed E-state index contributed by atoms with van der Waals surface area (Å²) in [5, 5.41) is 2.70. The lowest BCUT2D eigenvalue weighted by molar-refractivity contribution is -0.132. The van der Waals surface area contributed by atoms with E-state index < -0.39 is 0 Å². The summed E-state index contributed by atoms with van der Waals surface area (Å²) in [5.41, 5.74) is 1.89. The van der Waals surface area contributed by atoms with Crippen LogP contribution in [-0.4, -0.2) is 29.4 Å². The van der Waals surface area contributed by atoms with Gasteiger partial charge >= 0.3 is 0 Å². The first-order valence-electron chi connectivity index (χ1n) is 8.65. The predicted molar refractivity (Wildman–Crippen MR) is 92.7 cm³/mol. The standard InChI is InChI=1S/C19H24N2O3/c1-14(22)20-15-7-11-18(12-8-15)24-13-19(23)21(17-9-10-17)16-5-3-2-4-6-16/h5,7-8,11-12,17H,2-4,6,9-10,13H2,1H3,(H,20,22). The van der Waals surface area contributed by atoms with Crippen LogP contribution in [0, 0.1) is 0 Å². The van der Waals surface area contributed by atoms with E-state index in [1.807, 2.05) is 4.90 Å². The second kappa shape index (κ2) is 7.51. The highest BCUT2D eigenvalue weighted by molar-refractivity contribution is 5.88. The molecule has 0 aliphatic heterocycles. The molecule has 0 bridgehead atoms. The zero-order valence-electron chi connectivity index (χ0n) is 14.1. The molecule has 0 aromatic heterocycles. The smallest absolute Gasteiger partial charge is 0.264 e. The van der Waals surface area contributed by atoms with Crippen molar-refractivity contribution in [3.05, 3.63) is 36.0 Å². The van der Waals surface area contributed by atoms with Gasteiger partial charge in [0.05, 0.1) is 0 Å². The minimum atomic E-state index is -0.111. The quantitative estimate of drug-likeness (QED) is 0.870. The van der Waals surface area contributed by atoms with E-state index in [9.17, 15) is 9.59 Å². The van der Waals surface area contributed by atoms with Crippen LogP contribution < -0.4 is 10.1 Å². The van der Waals surface area contributed by atoms with Gasteiger partial charge < -0.3 is 15.0 Å². The number of nitrogens with one attached hydrogen (secondary N) is 1. The molecule has 0 spiro atoms. The van der Waals surface area contributed by atoms with Crippen molar-refractivity contribution in [2.24, 2.45) is 0 Å². The van der Waals surface area contributed by atoms with E-state index in [2.05, 4.69) is 11.4 Å².